The number of aliphatic hydroxyl groups excluding tert-OH is 1. The van der Waals surface area contributed by atoms with E-state index in [-0.39, 0.29) is 35.5 Å². The second-order valence-electron chi connectivity index (χ2n) is 7.74. The molecule has 2 aromatic heterocycles. The Kier molecular flexibility index (Phi) is 4.49. The van der Waals surface area contributed by atoms with E-state index in [2.05, 4.69) is 20.3 Å². The number of hydrogen-bond acceptors (Lipinski definition) is 8. The van der Waals surface area contributed by atoms with Crippen molar-refractivity contribution in [1.29, 1.82) is 0 Å². The maximum atomic E-state index is 12.3. The predicted molar refractivity (Wildman–Crippen MR) is 96.4 cm³/mol. The molecule has 28 heavy (non-hydrogen) atoms. The van der Waals surface area contributed by atoms with Crippen LogP contribution in [0.1, 0.15) is 33.9 Å². The van der Waals surface area contributed by atoms with Gasteiger partial charge in [0.05, 0.1) is 12.9 Å². The summed E-state index contributed by atoms with van der Waals surface area (Å²) in [6, 6.07) is 0. The van der Waals surface area contributed by atoms with Gasteiger partial charge in [0.25, 0.3) is 5.56 Å². The highest BCUT2D eigenvalue weighted by atomic mass is 16.8. The first-order valence-electron chi connectivity index (χ1n) is 9.09. The van der Waals surface area contributed by atoms with Crippen molar-refractivity contribution in [2.45, 2.75) is 58.0 Å². The number of fused-ring (bicyclic) bond motifs is 2. The summed E-state index contributed by atoms with van der Waals surface area (Å²) in [6.45, 7) is 7.19. The van der Waals surface area contributed by atoms with E-state index < -0.39 is 35.9 Å². The van der Waals surface area contributed by atoms with Crippen molar-refractivity contribution in [1.82, 2.24) is 19.5 Å². The molecule has 3 N–H and O–H groups in total. The van der Waals surface area contributed by atoms with E-state index in [0.29, 0.717) is 0 Å². The number of amides is 1. The van der Waals surface area contributed by atoms with Crippen LogP contribution in [0.2, 0.25) is 0 Å². The van der Waals surface area contributed by atoms with Crippen LogP contribution in [0.4, 0.5) is 5.95 Å². The van der Waals surface area contributed by atoms with Gasteiger partial charge in [-0.05, 0) is 13.8 Å². The molecule has 4 rings (SSSR count). The fourth-order valence-corrected chi connectivity index (χ4v) is 3.41. The molecule has 11 heteroatoms. The quantitative estimate of drug-likeness (QED) is 0.668. The van der Waals surface area contributed by atoms with E-state index in [4.69, 9.17) is 14.2 Å². The first kappa shape index (κ1) is 19.0. The van der Waals surface area contributed by atoms with E-state index in [1.165, 1.54) is 10.9 Å². The minimum atomic E-state index is -1.06. The monoisotopic (exact) mass is 393 g/mol. The number of rotatable bonds is 3. The number of imidazole rings is 1. The van der Waals surface area contributed by atoms with E-state index in [0.717, 1.165) is 0 Å². The Labute approximate surface area is 160 Å². The largest absolute Gasteiger partial charge is 0.386 e. The van der Waals surface area contributed by atoms with Crippen molar-refractivity contribution >= 4 is 23.0 Å². The molecule has 11 nitrogen and oxygen atoms in total. The molecule has 0 radical (unpaired) electrons. The molecule has 0 saturated carbocycles. The van der Waals surface area contributed by atoms with Crippen LogP contribution in [0.25, 0.3) is 11.2 Å². The standard InChI is InChI=1S/C17H23N5O6/c1-7(2)13(24)20-16-19-12-9(14(25)21-16)18-6-22(12)15-10(23)11-8(5-26-15)27-17(3,4)28-11/h6-8,10-11,15,23H,5H2,1-4H3,(H2,19,20,21,24,25)/t8-,10+,11-,15+/m0/s1. The lowest BCUT2D eigenvalue weighted by atomic mass is 10.0. The average molecular weight is 393 g/mol. The van der Waals surface area contributed by atoms with Crippen LogP contribution in [0.5, 0.6) is 0 Å². The maximum Gasteiger partial charge on any atom is 0.280 e. The van der Waals surface area contributed by atoms with Gasteiger partial charge in [-0.3, -0.25) is 24.5 Å². The molecule has 152 valence electrons. The fraction of sp³-hybridized carbons (Fsp3) is 0.647. The van der Waals surface area contributed by atoms with Gasteiger partial charge >= 0.3 is 0 Å². The molecule has 4 atom stereocenters. The molecule has 0 spiro atoms. The van der Waals surface area contributed by atoms with Crippen LogP contribution in [0.15, 0.2) is 11.1 Å². The summed E-state index contributed by atoms with van der Waals surface area (Å²) in [5.41, 5.74) is -0.250. The zero-order chi connectivity index (χ0) is 20.2. The zero-order valence-corrected chi connectivity index (χ0v) is 16.0. The number of nitrogens with one attached hydrogen (secondary N) is 2. The Balaban J connectivity index is 1.68. The van der Waals surface area contributed by atoms with Gasteiger partial charge in [-0.15, -0.1) is 0 Å². The number of aromatic nitrogens is 4. The average Bonchev–Trinajstić information content (AvgIpc) is 3.16. The van der Waals surface area contributed by atoms with E-state index >= 15 is 0 Å². The fourth-order valence-electron chi connectivity index (χ4n) is 3.41. The Hall–Kier alpha value is -2.34. The van der Waals surface area contributed by atoms with Crippen molar-refractivity contribution in [3.8, 4) is 0 Å². The van der Waals surface area contributed by atoms with Gasteiger partial charge in [-0.2, -0.15) is 4.98 Å². The topological polar surface area (TPSA) is 141 Å². The maximum absolute atomic E-state index is 12.3. The number of hydrogen-bond donors (Lipinski definition) is 3. The van der Waals surface area contributed by atoms with Gasteiger partial charge in [-0.1, -0.05) is 13.8 Å². The lowest BCUT2D eigenvalue weighted by molar-refractivity contribution is -0.180. The third-order valence-corrected chi connectivity index (χ3v) is 4.75. The van der Waals surface area contributed by atoms with Gasteiger partial charge in [0.1, 0.15) is 18.3 Å². The molecule has 2 aliphatic rings. The normalized spacial score (nSPS) is 29.2. The first-order chi connectivity index (χ1) is 13.2. The third kappa shape index (κ3) is 3.20. The molecule has 2 saturated heterocycles. The minimum Gasteiger partial charge on any atom is -0.386 e. The zero-order valence-electron chi connectivity index (χ0n) is 16.0. The molecule has 4 heterocycles. The molecular weight excluding hydrogens is 370 g/mol. The van der Waals surface area contributed by atoms with Gasteiger partial charge in [0.15, 0.2) is 23.2 Å². The van der Waals surface area contributed by atoms with E-state index in [1.54, 1.807) is 27.7 Å². The van der Waals surface area contributed by atoms with Crippen LogP contribution in [0, 0.1) is 5.92 Å². The van der Waals surface area contributed by atoms with Crippen molar-refractivity contribution in [3.05, 3.63) is 16.7 Å². The van der Waals surface area contributed by atoms with Gasteiger partial charge in [0, 0.05) is 5.92 Å². The number of carbonyl (C=O) groups excluding carboxylic acids is 1. The Morgan fingerprint density at radius 1 is 1.43 bits per heavy atom. The number of nitrogens with zero attached hydrogens (tertiary/aromatic N) is 3. The molecule has 0 aromatic carbocycles. The Morgan fingerprint density at radius 3 is 2.89 bits per heavy atom. The molecular formula is C17H23N5O6. The second-order valence-corrected chi connectivity index (χ2v) is 7.74. The number of carbonyl (C=O) groups is 1. The highest BCUT2D eigenvalue weighted by Crippen LogP contribution is 2.37. The van der Waals surface area contributed by atoms with E-state index in [9.17, 15) is 14.7 Å². The molecule has 0 aliphatic carbocycles. The highest BCUT2D eigenvalue weighted by molar-refractivity contribution is 5.91. The van der Waals surface area contributed by atoms with Crippen LogP contribution in [0.3, 0.4) is 0 Å². The summed E-state index contributed by atoms with van der Waals surface area (Å²) < 4.78 is 18.8. The van der Waals surface area contributed by atoms with Gasteiger partial charge in [-0.25, -0.2) is 4.98 Å². The van der Waals surface area contributed by atoms with Crippen molar-refractivity contribution < 1.29 is 24.1 Å². The second kappa shape index (κ2) is 6.62. The smallest absolute Gasteiger partial charge is 0.280 e. The Bertz CT molecular complexity index is 967. The van der Waals surface area contributed by atoms with Crippen LogP contribution in [-0.2, 0) is 19.0 Å². The lowest BCUT2D eigenvalue weighted by Gasteiger charge is -2.35. The molecule has 2 aliphatic heterocycles. The first-order valence-corrected chi connectivity index (χ1v) is 9.09. The number of anilines is 1. The number of H-pyrrole nitrogens is 1. The SMILES string of the molecule is CC(C)C(=O)Nc1nc2c(ncn2[C@@H]2OC[C@@H]3OC(C)(C)O[C@@H]3[C@H]2O)c(=O)[nH]1. The highest BCUT2D eigenvalue weighted by Gasteiger charge is 2.51. The summed E-state index contributed by atoms with van der Waals surface area (Å²) in [5, 5.41) is 13.4. The number of aromatic amines is 1. The number of ether oxygens (including phenoxy) is 3. The van der Waals surface area contributed by atoms with Crippen LogP contribution in [-0.4, -0.2) is 61.2 Å². The summed E-state index contributed by atoms with van der Waals surface area (Å²) in [6.07, 6.45) is -1.54. The van der Waals surface area contributed by atoms with Crippen molar-refractivity contribution in [2.75, 3.05) is 11.9 Å². The van der Waals surface area contributed by atoms with Crippen LogP contribution >= 0.6 is 0 Å². The summed E-state index contributed by atoms with van der Waals surface area (Å²) in [4.78, 5) is 35.1. The lowest BCUT2D eigenvalue weighted by Crippen LogP contribution is -2.49. The summed E-state index contributed by atoms with van der Waals surface area (Å²) in [5.74, 6) is -1.39. The third-order valence-electron chi connectivity index (χ3n) is 4.75. The summed E-state index contributed by atoms with van der Waals surface area (Å²) >= 11 is 0. The van der Waals surface area contributed by atoms with Crippen molar-refractivity contribution in [3.63, 3.8) is 0 Å². The molecule has 0 bridgehead atoms. The van der Waals surface area contributed by atoms with Gasteiger partial charge in [0.2, 0.25) is 11.9 Å². The molecule has 2 aromatic rings. The Morgan fingerprint density at radius 2 is 2.18 bits per heavy atom. The predicted octanol–water partition coefficient (Wildman–Crippen LogP) is 0.124. The van der Waals surface area contributed by atoms with Gasteiger partial charge < -0.3 is 19.3 Å². The minimum absolute atomic E-state index is 0.00251. The molecule has 1 amide bonds. The van der Waals surface area contributed by atoms with E-state index in [1.807, 2.05) is 0 Å². The summed E-state index contributed by atoms with van der Waals surface area (Å²) in [7, 11) is 0. The molecule has 2 fully saturated rings. The molecule has 0 unspecified atom stereocenters. The number of aliphatic hydroxyl groups is 1. The van der Waals surface area contributed by atoms with Crippen molar-refractivity contribution in [2.24, 2.45) is 5.92 Å². The van der Waals surface area contributed by atoms with Crippen LogP contribution < -0.4 is 10.9 Å².